The fourth-order valence-electron chi connectivity index (χ4n) is 2.00. The average Bonchev–Trinajstić information content (AvgIpc) is 2.97. The first-order valence-electron chi connectivity index (χ1n) is 6.84. The Labute approximate surface area is 152 Å². The van der Waals surface area contributed by atoms with Crippen LogP contribution in [0, 0.1) is 0 Å². The minimum absolute atomic E-state index is 0.00465. The van der Waals surface area contributed by atoms with E-state index in [9.17, 15) is 4.79 Å². The molecule has 1 heterocycles. The minimum Gasteiger partial charge on any atom is -0.403 e. The summed E-state index contributed by atoms with van der Waals surface area (Å²) < 4.78 is 5.42. The fourth-order valence-corrected chi connectivity index (χ4v) is 2.61. The smallest absolute Gasteiger partial charge is 0.322 e. The van der Waals surface area contributed by atoms with E-state index in [1.54, 1.807) is 42.5 Å². The molecule has 0 saturated carbocycles. The molecule has 0 aliphatic rings. The van der Waals surface area contributed by atoms with E-state index in [1.807, 2.05) is 0 Å². The van der Waals surface area contributed by atoms with Crippen LogP contribution in [-0.2, 0) is 11.2 Å². The van der Waals surface area contributed by atoms with Gasteiger partial charge in [-0.25, -0.2) is 0 Å². The first-order chi connectivity index (χ1) is 11.5. The number of nitrogens with zero attached hydrogens (tertiary/aromatic N) is 2. The molecule has 8 heteroatoms. The number of anilines is 1. The van der Waals surface area contributed by atoms with Gasteiger partial charge in [0, 0.05) is 10.0 Å². The van der Waals surface area contributed by atoms with Crippen molar-refractivity contribution in [3.05, 3.63) is 63.1 Å². The molecule has 0 unspecified atom stereocenters. The van der Waals surface area contributed by atoms with E-state index in [0.717, 1.165) is 5.56 Å². The molecule has 122 valence electrons. The maximum Gasteiger partial charge on any atom is 0.322 e. The predicted molar refractivity (Wildman–Crippen MR) is 93.5 cm³/mol. The number of rotatable bonds is 4. The lowest BCUT2D eigenvalue weighted by atomic mass is 10.1. The first kappa shape index (κ1) is 16.8. The van der Waals surface area contributed by atoms with Gasteiger partial charge in [0.2, 0.25) is 5.91 Å². The zero-order chi connectivity index (χ0) is 17.1. The molecule has 0 radical (unpaired) electrons. The maximum absolute atomic E-state index is 12.0. The number of carbonyl (C=O) groups is 1. The second kappa shape index (κ2) is 7.21. The van der Waals surface area contributed by atoms with Crippen LogP contribution < -0.4 is 5.32 Å². The monoisotopic (exact) mass is 381 g/mol. The van der Waals surface area contributed by atoms with E-state index < -0.39 is 0 Å². The topological polar surface area (TPSA) is 68.0 Å². The number of nitrogens with one attached hydrogen (secondary N) is 1. The summed E-state index contributed by atoms with van der Waals surface area (Å²) in [6.45, 7) is 0. The summed E-state index contributed by atoms with van der Waals surface area (Å²) in [7, 11) is 0. The Balaban J connectivity index is 1.69. The van der Waals surface area contributed by atoms with Crippen molar-refractivity contribution in [2.75, 3.05) is 5.32 Å². The van der Waals surface area contributed by atoms with Crippen LogP contribution in [0.25, 0.3) is 11.5 Å². The SMILES string of the molecule is O=C(Cc1ccc(Cl)cc1)Nc1nnc(-c2ccc(Cl)cc2Cl)o1. The molecule has 3 aromatic rings. The lowest BCUT2D eigenvalue weighted by Gasteiger charge is -2.01. The first-order valence-corrected chi connectivity index (χ1v) is 7.98. The van der Waals surface area contributed by atoms with Crippen LogP contribution in [0.15, 0.2) is 46.9 Å². The Morgan fingerprint density at radius 3 is 2.42 bits per heavy atom. The van der Waals surface area contributed by atoms with E-state index in [-0.39, 0.29) is 24.2 Å². The highest BCUT2D eigenvalue weighted by atomic mass is 35.5. The van der Waals surface area contributed by atoms with E-state index >= 15 is 0 Å². The quantitative estimate of drug-likeness (QED) is 0.698. The molecule has 1 aromatic heterocycles. The average molecular weight is 383 g/mol. The molecule has 24 heavy (non-hydrogen) atoms. The van der Waals surface area contributed by atoms with Gasteiger partial charge in [-0.05, 0) is 35.9 Å². The molecular formula is C16H10Cl3N3O2. The summed E-state index contributed by atoms with van der Waals surface area (Å²) in [6, 6.07) is 11.9. The highest BCUT2D eigenvalue weighted by molar-refractivity contribution is 6.36. The molecule has 0 atom stereocenters. The van der Waals surface area contributed by atoms with Gasteiger partial charge < -0.3 is 4.42 Å². The molecule has 3 rings (SSSR count). The minimum atomic E-state index is -0.283. The van der Waals surface area contributed by atoms with E-state index in [4.69, 9.17) is 39.2 Å². The summed E-state index contributed by atoms with van der Waals surface area (Å²) in [6.07, 6.45) is 0.163. The molecule has 0 aliphatic heterocycles. The van der Waals surface area contributed by atoms with E-state index in [1.165, 1.54) is 0 Å². The number of carbonyl (C=O) groups excluding carboxylic acids is 1. The Hall–Kier alpha value is -2.08. The van der Waals surface area contributed by atoms with Crippen LogP contribution in [-0.4, -0.2) is 16.1 Å². The van der Waals surface area contributed by atoms with Gasteiger partial charge in [-0.1, -0.05) is 52.0 Å². The number of hydrogen-bond donors (Lipinski definition) is 1. The van der Waals surface area contributed by atoms with E-state index in [2.05, 4.69) is 15.5 Å². The molecular weight excluding hydrogens is 373 g/mol. The second-order valence-corrected chi connectivity index (χ2v) is 6.17. The van der Waals surface area contributed by atoms with Crippen molar-refractivity contribution in [3.8, 4) is 11.5 Å². The van der Waals surface area contributed by atoms with Crippen molar-refractivity contribution in [1.29, 1.82) is 0 Å². The number of halogens is 3. The Kier molecular flexibility index (Phi) is 5.04. The van der Waals surface area contributed by atoms with Gasteiger partial charge in [0.05, 0.1) is 17.0 Å². The van der Waals surface area contributed by atoms with Crippen LogP contribution in [0.5, 0.6) is 0 Å². The molecule has 0 saturated heterocycles. The fraction of sp³-hybridized carbons (Fsp3) is 0.0625. The zero-order valence-electron chi connectivity index (χ0n) is 12.1. The van der Waals surface area contributed by atoms with Crippen molar-refractivity contribution >= 4 is 46.7 Å². The molecule has 2 aromatic carbocycles. The standard InChI is InChI=1S/C16H10Cl3N3O2/c17-10-3-1-9(2-4-10)7-14(23)20-16-22-21-15(24-16)12-6-5-11(18)8-13(12)19/h1-6,8H,7H2,(H,20,22,23). The van der Waals surface area contributed by atoms with Crippen molar-refractivity contribution in [1.82, 2.24) is 10.2 Å². The number of aromatic nitrogens is 2. The lowest BCUT2D eigenvalue weighted by Crippen LogP contribution is -2.14. The summed E-state index contributed by atoms with van der Waals surface area (Å²) in [4.78, 5) is 12.0. The predicted octanol–water partition coefficient (Wildman–Crippen LogP) is 4.88. The number of benzene rings is 2. The van der Waals surface area contributed by atoms with Gasteiger partial charge in [-0.3, -0.25) is 10.1 Å². The summed E-state index contributed by atoms with van der Waals surface area (Å²) in [5.74, 6) is -0.0896. The third kappa shape index (κ3) is 4.06. The summed E-state index contributed by atoms with van der Waals surface area (Å²) >= 11 is 17.7. The second-order valence-electron chi connectivity index (χ2n) is 4.89. The van der Waals surface area contributed by atoms with Gasteiger partial charge in [-0.15, -0.1) is 5.10 Å². The maximum atomic E-state index is 12.0. The highest BCUT2D eigenvalue weighted by Crippen LogP contribution is 2.30. The molecule has 0 bridgehead atoms. The van der Waals surface area contributed by atoms with Crippen LogP contribution in [0.4, 0.5) is 6.01 Å². The third-order valence-electron chi connectivity index (χ3n) is 3.11. The Morgan fingerprint density at radius 1 is 1.00 bits per heavy atom. The van der Waals surface area contributed by atoms with Crippen LogP contribution >= 0.6 is 34.8 Å². The van der Waals surface area contributed by atoms with Crippen molar-refractivity contribution in [2.45, 2.75) is 6.42 Å². The summed E-state index contributed by atoms with van der Waals surface area (Å²) in [5, 5.41) is 11.7. The third-order valence-corrected chi connectivity index (χ3v) is 3.91. The summed E-state index contributed by atoms with van der Waals surface area (Å²) in [5.41, 5.74) is 1.35. The molecule has 0 fully saturated rings. The Morgan fingerprint density at radius 2 is 1.71 bits per heavy atom. The van der Waals surface area contributed by atoms with Gasteiger partial charge in [0.1, 0.15) is 0 Å². The molecule has 5 nitrogen and oxygen atoms in total. The van der Waals surface area contributed by atoms with Gasteiger partial charge in [0.25, 0.3) is 5.89 Å². The van der Waals surface area contributed by atoms with Gasteiger partial charge >= 0.3 is 6.01 Å². The van der Waals surface area contributed by atoms with E-state index in [0.29, 0.717) is 20.6 Å². The van der Waals surface area contributed by atoms with Gasteiger partial charge in [0.15, 0.2) is 0 Å². The van der Waals surface area contributed by atoms with Gasteiger partial charge in [-0.2, -0.15) is 0 Å². The number of hydrogen-bond acceptors (Lipinski definition) is 4. The lowest BCUT2D eigenvalue weighted by molar-refractivity contribution is -0.115. The van der Waals surface area contributed by atoms with Crippen LogP contribution in [0.2, 0.25) is 15.1 Å². The molecule has 1 N–H and O–H groups in total. The molecule has 0 aliphatic carbocycles. The zero-order valence-corrected chi connectivity index (χ0v) is 14.4. The molecule has 1 amide bonds. The Bertz CT molecular complexity index is 879. The van der Waals surface area contributed by atoms with Crippen LogP contribution in [0.3, 0.4) is 0 Å². The van der Waals surface area contributed by atoms with Crippen LogP contribution in [0.1, 0.15) is 5.56 Å². The van der Waals surface area contributed by atoms with Crippen molar-refractivity contribution < 1.29 is 9.21 Å². The normalized spacial score (nSPS) is 10.6. The largest absolute Gasteiger partial charge is 0.403 e. The number of amides is 1. The van der Waals surface area contributed by atoms with Crippen molar-refractivity contribution in [3.63, 3.8) is 0 Å². The van der Waals surface area contributed by atoms with Crippen molar-refractivity contribution in [2.24, 2.45) is 0 Å². The highest BCUT2D eigenvalue weighted by Gasteiger charge is 2.14. The molecule has 0 spiro atoms.